The lowest BCUT2D eigenvalue weighted by Gasteiger charge is -2.31. The Balaban J connectivity index is 1.95. The SMILES string of the molecule is Cc1cc(CN=C(N)N2CCC(C)CC2)ccc1F. The van der Waals surface area contributed by atoms with Crippen LogP contribution in [0.5, 0.6) is 0 Å². The van der Waals surface area contributed by atoms with E-state index >= 15 is 0 Å². The Labute approximate surface area is 114 Å². The van der Waals surface area contributed by atoms with Crippen molar-refractivity contribution in [2.24, 2.45) is 16.6 Å². The van der Waals surface area contributed by atoms with Crippen LogP contribution in [-0.4, -0.2) is 23.9 Å². The highest BCUT2D eigenvalue weighted by atomic mass is 19.1. The van der Waals surface area contributed by atoms with Gasteiger partial charge in [-0.1, -0.05) is 19.1 Å². The van der Waals surface area contributed by atoms with Gasteiger partial charge in [0.15, 0.2) is 5.96 Å². The van der Waals surface area contributed by atoms with Crippen LogP contribution in [0.15, 0.2) is 23.2 Å². The normalized spacial score (nSPS) is 17.8. The van der Waals surface area contributed by atoms with Gasteiger partial charge in [-0.3, -0.25) is 0 Å². The molecule has 1 aliphatic heterocycles. The van der Waals surface area contributed by atoms with Crippen LogP contribution in [0.25, 0.3) is 0 Å². The van der Waals surface area contributed by atoms with E-state index in [2.05, 4.69) is 16.8 Å². The number of nitrogens with zero attached hydrogens (tertiary/aromatic N) is 2. The van der Waals surface area contributed by atoms with Crippen LogP contribution in [0, 0.1) is 18.7 Å². The molecule has 19 heavy (non-hydrogen) atoms. The summed E-state index contributed by atoms with van der Waals surface area (Å²) in [5, 5.41) is 0. The first-order valence-electron chi connectivity index (χ1n) is 6.86. The van der Waals surface area contributed by atoms with E-state index in [-0.39, 0.29) is 5.82 Å². The molecule has 0 saturated carbocycles. The van der Waals surface area contributed by atoms with E-state index in [1.807, 2.05) is 6.07 Å². The quantitative estimate of drug-likeness (QED) is 0.658. The molecule has 1 aromatic carbocycles. The molecular formula is C15H22FN3. The molecular weight excluding hydrogens is 241 g/mol. The molecule has 0 radical (unpaired) electrons. The maximum atomic E-state index is 13.2. The second-order valence-corrected chi connectivity index (χ2v) is 5.43. The van der Waals surface area contributed by atoms with Gasteiger partial charge in [0.05, 0.1) is 6.54 Å². The Morgan fingerprint density at radius 2 is 2.11 bits per heavy atom. The molecule has 1 heterocycles. The van der Waals surface area contributed by atoms with Crippen molar-refractivity contribution in [2.75, 3.05) is 13.1 Å². The molecule has 1 aromatic rings. The fourth-order valence-electron chi connectivity index (χ4n) is 2.32. The number of aliphatic imine (C=N–C) groups is 1. The van der Waals surface area contributed by atoms with Gasteiger partial charge in [-0.2, -0.15) is 0 Å². The number of guanidine groups is 1. The van der Waals surface area contributed by atoms with E-state index in [1.165, 1.54) is 18.9 Å². The van der Waals surface area contributed by atoms with Gasteiger partial charge in [-0.25, -0.2) is 9.38 Å². The number of piperidine rings is 1. The Bertz CT molecular complexity index is 462. The zero-order chi connectivity index (χ0) is 13.8. The molecule has 0 aromatic heterocycles. The summed E-state index contributed by atoms with van der Waals surface area (Å²) in [6.07, 6.45) is 2.34. The van der Waals surface area contributed by atoms with Gasteiger partial charge in [-0.05, 0) is 42.9 Å². The summed E-state index contributed by atoms with van der Waals surface area (Å²) >= 11 is 0. The zero-order valence-corrected chi connectivity index (χ0v) is 11.7. The number of nitrogens with two attached hydrogens (primary N) is 1. The molecule has 1 fully saturated rings. The number of hydrogen-bond acceptors (Lipinski definition) is 1. The first-order chi connectivity index (χ1) is 9.06. The number of rotatable bonds is 2. The summed E-state index contributed by atoms with van der Waals surface area (Å²) in [4.78, 5) is 6.55. The van der Waals surface area contributed by atoms with Crippen molar-refractivity contribution in [1.82, 2.24) is 4.90 Å². The fraction of sp³-hybridized carbons (Fsp3) is 0.533. The number of likely N-dealkylation sites (tertiary alicyclic amines) is 1. The van der Waals surface area contributed by atoms with Gasteiger partial charge in [-0.15, -0.1) is 0 Å². The van der Waals surface area contributed by atoms with E-state index in [0.29, 0.717) is 18.1 Å². The summed E-state index contributed by atoms with van der Waals surface area (Å²) in [6.45, 7) is 6.51. The monoisotopic (exact) mass is 263 g/mol. The Hall–Kier alpha value is -1.58. The second kappa shape index (κ2) is 6.04. The first kappa shape index (κ1) is 13.8. The van der Waals surface area contributed by atoms with Gasteiger partial charge in [0.2, 0.25) is 0 Å². The summed E-state index contributed by atoms with van der Waals surface area (Å²) < 4.78 is 13.2. The van der Waals surface area contributed by atoms with E-state index in [4.69, 9.17) is 5.73 Å². The third-order valence-electron chi connectivity index (χ3n) is 3.75. The van der Waals surface area contributed by atoms with Crippen molar-refractivity contribution in [3.05, 3.63) is 35.1 Å². The minimum absolute atomic E-state index is 0.175. The lowest BCUT2D eigenvalue weighted by atomic mass is 10.00. The fourth-order valence-corrected chi connectivity index (χ4v) is 2.32. The standard InChI is InChI=1S/C15H22FN3/c1-11-5-7-19(8-6-11)15(17)18-10-13-3-4-14(16)12(2)9-13/h3-4,9,11H,5-8,10H2,1-2H3,(H2,17,18). The van der Waals surface area contributed by atoms with E-state index < -0.39 is 0 Å². The molecule has 2 N–H and O–H groups in total. The van der Waals surface area contributed by atoms with Crippen molar-refractivity contribution in [3.8, 4) is 0 Å². The molecule has 0 aliphatic carbocycles. The third kappa shape index (κ3) is 3.69. The molecule has 0 spiro atoms. The van der Waals surface area contributed by atoms with Crippen LogP contribution >= 0.6 is 0 Å². The van der Waals surface area contributed by atoms with Gasteiger partial charge < -0.3 is 10.6 Å². The highest BCUT2D eigenvalue weighted by Crippen LogP contribution is 2.16. The third-order valence-corrected chi connectivity index (χ3v) is 3.75. The largest absolute Gasteiger partial charge is 0.370 e. The number of benzene rings is 1. The molecule has 0 amide bonds. The zero-order valence-electron chi connectivity index (χ0n) is 11.7. The highest BCUT2D eigenvalue weighted by Gasteiger charge is 2.16. The lowest BCUT2D eigenvalue weighted by Crippen LogP contribution is -2.42. The van der Waals surface area contributed by atoms with Gasteiger partial charge in [0, 0.05) is 13.1 Å². The summed E-state index contributed by atoms with van der Waals surface area (Å²) in [7, 11) is 0. The minimum atomic E-state index is -0.175. The average molecular weight is 263 g/mol. The smallest absolute Gasteiger partial charge is 0.191 e. The molecule has 2 rings (SSSR count). The van der Waals surface area contributed by atoms with Crippen molar-refractivity contribution < 1.29 is 4.39 Å². The second-order valence-electron chi connectivity index (χ2n) is 5.43. The molecule has 3 nitrogen and oxygen atoms in total. The molecule has 0 unspecified atom stereocenters. The summed E-state index contributed by atoms with van der Waals surface area (Å²) in [5.74, 6) is 1.21. The Morgan fingerprint density at radius 3 is 2.74 bits per heavy atom. The molecule has 0 bridgehead atoms. The number of aryl methyl sites for hydroxylation is 1. The van der Waals surface area contributed by atoms with E-state index in [1.54, 1.807) is 13.0 Å². The van der Waals surface area contributed by atoms with Crippen LogP contribution < -0.4 is 5.73 Å². The Kier molecular flexibility index (Phi) is 4.40. The molecule has 104 valence electrons. The molecule has 1 aliphatic rings. The van der Waals surface area contributed by atoms with Gasteiger partial charge in [0.1, 0.15) is 5.82 Å². The average Bonchev–Trinajstić information content (AvgIpc) is 2.40. The van der Waals surface area contributed by atoms with Gasteiger partial charge >= 0.3 is 0 Å². The topological polar surface area (TPSA) is 41.6 Å². The van der Waals surface area contributed by atoms with Gasteiger partial charge in [0.25, 0.3) is 0 Å². The van der Waals surface area contributed by atoms with E-state index in [0.717, 1.165) is 24.6 Å². The van der Waals surface area contributed by atoms with Crippen LogP contribution in [0.4, 0.5) is 4.39 Å². The molecule has 1 saturated heterocycles. The van der Waals surface area contributed by atoms with Crippen LogP contribution in [0.3, 0.4) is 0 Å². The van der Waals surface area contributed by atoms with Crippen LogP contribution in [-0.2, 0) is 6.54 Å². The highest BCUT2D eigenvalue weighted by molar-refractivity contribution is 5.78. The molecule has 4 heteroatoms. The van der Waals surface area contributed by atoms with Crippen molar-refractivity contribution >= 4 is 5.96 Å². The molecule has 0 atom stereocenters. The van der Waals surface area contributed by atoms with Crippen molar-refractivity contribution in [3.63, 3.8) is 0 Å². The summed E-state index contributed by atoms with van der Waals surface area (Å²) in [6, 6.07) is 5.07. The van der Waals surface area contributed by atoms with E-state index in [9.17, 15) is 4.39 Å². The van der Waals surface area contributed by atoms with Crippen molar-refractivity contribution in [2.45, 2.75) is 33.2 Å². The summed E-state index contributed by atoms with van der Waals surface area (Å²) in [5.41, 5.74) is 7.66. The number of halogens is 1. The van der Waals surface area contributed by atoms with Crippen LogP contribution in [0.1, 0.15) is 30.9 Å². The predicted octanol–water partition coefficient (Wildman–Crippen LogP) is 2.68. The maximum Gasteiger partial charge on any atom is 0.191 e. The first-order valence-corrected chi connectivity index (χ1v) is 6.86. The Morgan fingerprint density at radius 1 is 1.42 bits per heavy atom. The minimum Gasteiger partial charge on any atom is -0.370 e. The maximum absolute atomic E-state index is 13.2. The van der Waals surface area contributed by atoms with Crippen LogP contribution in [0.2, 0.25) is 0 Å². The predicted molar refractivity (Wildman–Crippen MR) is 76.4 cm³/mol. The lowest BCUT2D eigenvalue weighted by molar-refractivity contribution is 0.277. The number of hydrogen-bond donors (Lipinski definition) is 1. The van der Waals surface area contributed by atoms with Crippen molar-refractivity contribution in [1.29, 1.82) is 0 Å².